The topological polar surface area (TPSA) is 81.9 Å². The minimum atomic E-state index is -0.348. The van der Waals surface area contributed by atoms with Crippen LogP contribution in [0.25, 0.3) is 22.0 Å². The lowest BCUT2D eigenvalue weighted by Gasteiger charge is -2.22. The van der Waals surface area contributed by atoms with Crippen molar-refractivity contribution in [3.8, 4) is 17.2 Å². The maximum Gasteiger partial charge on any atom is 0.237 e. The number of amides is 1. The predicted octanol–water partition coefficient (Wildman–Crippen LogP) is 4.41. The number of benzene rings is 2. The molecule has 1 aromatic heterocycles. The van der Waals surface area contributed by atoms with E-state index in [1.807, 2.05) is 24.3 Å². The van der Waals surface area contributed by atoms with Crippen LogP contribution in [0.5, 0.6) is 0 Å². The molecule has 2 aromatic carbocycles. The van der Waals surface area contributed by atoms with Gasteiger partial charge in [-0.25, -0.2) is 14.4 Å². The van der Waals surface area contributed by atoms with Crippen molar-refractivity contribution in [1.82, 2.24) is 14.9 Å². The van der Waals surface area contributed by atoms with Crippen molar-refractivity contribution < 1.29 is 9.18 Å². The number of nitriles is 1. The lowest BCUT2D eigenvalue weighted by molar-refractivity contribution is -0.131. The molecule has 2 saturated carbocycles. The van der Waals surface area contributed by atoms with Crippen LogP contribution in [0.4, 0.5) is 10.2 Å². The first kappa shape index (κ1) is 19.4. The Morgan fingerprint density at radius 2 is 1.90 bits per heavy atom. The average Bonchev–Trinajstić information content (AvgIpc) is 3.68. The van der Waals surface area contributed by atoms with Crippen LogP contribution >= 0.6 is 0 Å². The second-order valence-electron chi connectivity index (χ2n) is 8.27. The van der Waals surface area contributed by atoms with Gasteiger partial charge in [-0.1, -0.05) is 12.1 Å². The number of hydrogen-bond donors (Lipinski definition) is 1. The number of carbonyl (C=O) groups excluding carboxylic acids is 1. The smallest absolute Gasteiger partial charge is 0.237 e. The van der Waals surface area contributed by atoms with E-state index in [2.05, 4.69) is 15.3 Å². The van der Waals surface area contributed by atoms with E-state index in [-0.39, 0.29) is 30.7 Å². The summed E-state index contributed by atoms with van der Waals surface area (Å²) in [6.45, 7) is 0.177. The first-order valence-electron chi connectivity index (χ1n) is 10.6. The normalized spacial score (nSPS) is 15.5. The molecule has 31 heavy (non-hydrogen) atoms. The Balaban J connectivity index is 1.47. The SMILES string of the molecule is N#CCC(=O)N(Cc1cc(-c2ccc3ncnc(NC4CC4)c3c2)ccc1F)C1CC1. The van der Waals surface area contributed by atoms with Crippen LogP contribution in [-0.4, -0.2) is 32.9 Å². The number of aromatic nitrogens is 2. The molecule has 6 nitrogen and oxygen atoms in total. The molecule has 7 heteroatoms. The van der Waals surface area contributed by atoms with Gasteiger partial charge in [-0.2, -0.15) is 5.26 Å². The molecule has 0 radical (unpaired) electrons. The molecular weight excluding hydrogens is 393 g/mol. The van der Waals surface area contributed by atoms with Crippen LogP contribution in [0.3, 0.4) is 0 Å². The van der Waals surface area contributed by atoms with Gasteiger partial charge < -0.3 is 10.2 Å². The zero-order valence-electron chi connectivity index (χ0n) is 17.0. The van der Waals surface area contributed by atoms with Gasteiger partial charge in [0.2, 0.25) is 5.91 Å². The van der Waals surface area contributed by atoms with E-state index < -0.39 is 0 Å². The van der Waals surface area contributed by atoms with E-state index in [0.717, 1.165) is 53.5 Å². The molecule has 0 aliphatic heterocycles. The van der Waals surface area contributed by atoms with Gasteiger partial charge in [0.25, 0.3) is 0 Å². The zero-order valence-corrected chi connectivity index (χ0v) is 17.0. The van der Waals surface area contributed by atoms with Crippen molar-refractivity contribution in [2.75, 3.05) is 5.32 Å². The van der Waals surface area contributed by atoms with E-state index in [0.29, 0.717) is 11.6 Å². The van der Waals surface area contributed by atoms with Crippen LogP contribution in [0.2, 0.25) is 0 Å². The van der Waals surface area contributed by atoms with Crippen molar-refractivity contribution >= 4 is 22.6 Å². The summed E-state index contributed by atoms with van der Waals surface area (Å²) in [4.78, 5) is 22.7. The molecule has 2 aliphatic carbocycles. The molecule has 1 N–H and O–H groups in total. The highest BCUT2D eigenvalue weighted by atomic mass is 19.1. The second kappa shape index (κ2) is 7.95. The summed E-state index contributed by atoms with van der Waals surface area (Å²) in [5.41, 5.74) is 3.11. The third-order valence-corrected chi connectivity index (χ3v) is 5.81. The van der Waals surface area contributed by atoms with Gasteiger partial charge in [0.1, 0.15) is 24.4 Å². The van der Waals surface area contributed by atoms with E-state index in [4.69, 9.17) is 5.26 Å². The fourth-order valence-electron chi connectivity index (χ4n) is 3.81. The number of rotatable bonds is 7. The summed E-state index contributed by atoms with van der Waals surface area (Å²) in [5, 5.41) is 13.3. The number of anilines is 1. The number of nitrogens with one attached hydrogen (secondary N) is 1. The summed E-state index contributed by atoms with van der Waals surface area (Å²) < 4.78 is 14.6. The quantitative estimate of drug-likeness (QED) is 0.618. The van der Waals surface area contributed by atoms with E-state index in [1.54, 1.807) is 23.4 Å². The average molecular weight is 415 g/mol. The first-order valence-corrected chi connectivity index (χ1v) is 10.6. The zero-order chi connectivity index (χ0) is 21.4. The van der Waals surface area contributed by atoms with Gasteiger partial charge in [-0.05, 0) is 61.1 Å². The monoisotopic (exact) mass is 415 g/mol. The lowest BCUT2D eigenvalue weighted by atomic mass is 10.0. The van der Waals surface area contributed by atoms with Gasteiger partial charge in [-0.15, -0.1) is 0 Å². The Bertz CT molecular complexity index is 1200. The summed E-state index contributed by atoms with van der Waals surface area (Å²) >= 11 is 0. The molecule has 156 valence electrons. The van der Waals surface area contributed by atoms with E-state index in [9.17, 15) is 9.18 Å². The highest BCUT2D eigenvalue weighted by Gasteiger charge is 2.32. The second-order valence-corrected chi connectivity index (χ2v) is 8.27. The third kappa shape index (κ3) is 4.19. The highest BCUT2D eigenvalue weighted by molar-refractivity contribution is 5.92. The molecule has 0 saturated heterocycles. The van der Waals surface area contributed by atoms with Gasteiger partial charge in [-0.3, -0.25) is 4.79 Å². The first-order chi connectivity index (χ1) is 15.1. The highest BCUT2D eigenvalue weighted by Crippen LogP contribution is 2.33. The van der Waals surface area contributed by atoms with Crippen molar-refractivity contribution in [1.29, 1.82) is 5.26 Å². The molecule has 0 unspecified atom stereocenters. The van der Waals surface area contributed by atoms with Gasteiger partial charge in [0, 0.05) is 29.6 Å². The number of fused-ring (bicyclic) bond motifs is 1. The minimum absolute atomic E-state index is 0.109. The molecule has 1 heterocycles. The Morgan fingerprint density at radius 3 is 2.65 bits per heavy atom. The maximum atomic E-state index is 14.6. The van der Waals surface area contributed by atoms with Crippen molar-refractivity contribution in [2.45, 2.75) is 50.7 Å². The lowest BCUT2D eigenvalue weighted by Crippen LogP contribution is -2.32. The molecule has 1 amide bonds. The summed E-state index contributed by atoms with van der Waals surface area (Å²) in [7, 11) is 0. The third-order valence-electron chi connectivity index (χ3n) is 5.81. The summed E-state index contributed by atoms with van der Waals surface area (Å²) in [6.07, 6.45) is 5.48. The van der Waals surface area contributed by atoms with E-state index >= 15 is 0 Å². The Labute approximate surface area is 179 Å². The van der Waals surface area contributed by atoms with E-state index in [1.165, 1.54) is 6.07 Å². The van der Waals surface area contributed by atoms with Crippen molar-refractivity contribution in [2.24, 2.45) is 0 Å². The van der Waals surface area contributed by atoms with Crippen LogP contribution in [0.15, 0.2) is 42.7 Å². The molecular formula is C24H22FN5O. The van der Waals surface area contributed by atoms with Crippen LogP contribution in [0.1, 0.15) is 37.7 Å². The number of carbonyl (C=O) groups is 1. The molecule has 5 rings (SSSR count). The fourth-order valence-corrected chi connectivity index (χ4v) is 3.81. The number of halogens is 1. The Hall–Kier alpha value is -3.53. The summed E-state index contributed by atoms with van der Waals surface area (Å²) in [5.74, 6) is 0.228. The van der Waals surface area contributed by atoms with Gasteiger partial charge in [0.05, 0.1) is 11.6 Å². The Kier molecular flexibility index (Phi) is 4.99. The largest absolute Gasteiger partial charge is 0.367 e. The van der Waals surface area contributed by atoms with Gasteiger partial charge in [0.15, 0.2) is 0 Å². The van der Waals surface area contributed by atoms with Gasteiger partial charge >= 0.3 is 0 Å². The summed E-state index contributed by atoms with van der Waals surface area (Å²) in [6, 6.07) is 13.4. The minimum Gasteiger partial charge on any atom is -0.367 e. The van der Waals surface area contributed by atoms with Crippen molar-refractivity contribution in [3.63, 3.8) is 0 Å². The predicted molar refractivity (Wildman–Crippen MR) is 115 cm³/mol. The maximum absolute atomic E-state index is 14.6. The molecule has 2 aliphatic rings. The molecule has 0 spiro atoms. The molecule has 0 bridgehead atoms. The molecule has 2 fully saturated rings. The molecule has 3 aromatic rings. The standard InChI is InChI=1S/C24H22FN5O/c25-21-7-1-15(11-17(21)13-30(19-5-6-19)23(31)9-10-26)16-2-8-22-20(12-16)24(28-14-27-22)29-18-3-4-18/h1-2,7-8,11-12,14,18-19H,3-6,9,13H2,(H,27,28,29). The molecule has 0 atom stereocenters. The Morgan fingerprint density at radius 1 is 1.13 bits per heavy atom. The number of hydrogen-bond acceptors (Lipinski definition) is 5. The van der Waals surface area contributed by atoms with Crippen LogP contribution in [0, 0.1) is 17.1 Å². The van der Waals surface area contributed by atoms with Crippen LogP contribution in [-0.2, 0) is 11.3 Å². The van der Waals surface area contributed by atoms with Crippen molar-refractivity contribution in [3.05, 3.63) is 54.1 Å². The number of nitrogens with zero attached hydrogens (tertiary/aromatic N) is 4. The fraction of sp³-hybridized carbons (Fsp3) is 0.333. The van der Waals surface area contributed by atoms with Crippen LogP contribution < -0.4 is 5.32 Å².